The number of hydrogen-bond acceptors (Lipinski definition) is 11. The van der Waals surface area contributed by atoms with Gasteiger partial charge in [0.25, 0.3) is 0 Å². The molecule has 10 atom stereocenters. The average molecular weight is 932 g/mol. The molecular weight excluding hydrogens is 873 g/mol. The van der Waals surface area contributed by atoms with Gasteiger partial charge in [0.05, 0.1) is 6.10 Å². The number of ketones is 1. The summed E-state index contributed by atoms with van der Waals surface area (Å²) in [5.41, 5.74) is 13.5. The molecule has 0 aliphatic heterocycles. The van der Waals surface area contributed by atoms with Crippen LogP contribution in [0.5, 0.6) is 46.0 Å². The van der Waals surface area contributed by atoms with Crippen LogP contribution in [0.15, 0.2) is 103 Å². The fraction of sp³-hybridized carbons (Fsp3) is 0.386. The van der Waals surface area contributed by atoms with Crippen LogP contribution < -0.4 is 20.2 Å². The summed E-state index contributed by atoms with van der Waals surface area (Å²) in [6.45, 7) is -0.113. The molecule has 1 heterocycles. The zero-order valence-corrected chi connectivity index (χ0v) is 38.4. The number of Topliss-reactive ketones (excluding diaryl/α,β-unsaturated/α-hetero) is 1. The lowest BCUT2D eigenvalue weighted by Gasteiger charge is -2.59. The van der Waals surface area contributed by atoms with Crippen LogP contribution in [0.25, 0.3) is 11.3 Å². The lowest BCUT2D eigenvalue weighted by molar-refractivity contribution is -0.136. The quantitative estimate of drug-likeness (QED) is 0.0426. The fourth-order valence-electron chi connectivity index (χ4n) is 14.4. The third-order valence-corrected chi connectivity index (χ3v) is 17.1. The van der Waals surface area contributed by atoms with Crippen molar-refractivity contribution in [1.82, 2.24) is 4.98 Å². The van der Waals surface area contributed by atoms with Crippen molar-refractivity contribution in [2.24, 2.45) is 35.3 Å². The molecule has 0 saturated heterocycles. The van der Waals surface area contributed by atoms with Crippen molar-refractivity contribution in [1.29, 1.82) is 0 Å². The Balaban J connectivity index is 1.08. The molecule has 6 aliphatic rings. The van der Waals surface area contributed by atoms with Gasteiger partial charge in [-0.05, 0) is 156 Å². The molecule has 12 heteroatoms. The van der Waals surface area contributed by atoms with Gasteiger partial charge in [-0.25, -0.2) is 0 Å². The monoisotopic (exact) mass is 931 g/mol. The molecule has 3 saturated carbocycles. The molecule has 0 radical (unpaired) electrons. The summed E-state index contributed by atoms with van der Waals surface area (Å²) in [5.74, 6) is -2.74. The minimum Gasteiger partial charge on any atom is -0.663 e. The Morgan fingerprint density at radius 1 is 0.783 bits per heavy atom. The van der Waals surface area contributed by atoms with Gasteiger partial charge in [-0.2, -0.15) is 6.20 Å². The molecule has 0 spiro atoms. The first-order chi connectivity index (χ1) is 33.4. The van der Waals surface area contributed by atoms with E-state index >= 15 is 0 Å². The summed E-state index contributed by atoms with van der Waals surface area (Å²) in [4.78, 5) is 19.9. The van der Waals surface area contributed by atoms with Crippen LogP contribution in [0.1, 0.15) is 108 Å². The Kier molecular flexibility index (Phi) is 11.5. The Morgan fingerprint density at radius 2 is 1.62 bits per heavy atom. The second-order valence-corrected chi connectivity index (χ2v) is 20.4. The maximum absolute atomic E-state index is 15.0. The van der Waals surface area contributed by atoms with E-state index in [1.807, 2.05) is 12.3 Å². The van der Waals surface area contributed by atoms with Gasteiger partial charge in [0.2, 0.25) is 5.75 Å². The van der Waals surface area contributed by atoms with Crippen molar-refractivity contribution in [2.75, 3.05) is 6.73 Å². The Hall–Kier alpha value is -6.63. The van der Waals surface area contributed by atoms with E-state index in [9.17, 15) is 40.5 Å². The molecule has 10 unspecified atom stereocenters. The number of aromatic nitrogens is 1. The van der Waals surface area contributed by atoms with E-state index < -0.39 is 29.3 Å². The SMILES string of the molecule is NCOc1cc(CCC(=O)C2CC(Cc3ccc(O)cc3O)C3CC4CC(C56CCCCC5c5cc[n-]c5-c5ccccc56)C(c5cc(O)c(O)c(OCc6cccc(O)c6)c54)C3C2O)ccc1O. The van der Waals surface area contributed by atoms with Gasteiger partial charge in [0.1, 0.15) is 36.4 Å². The number of hydrogen-bond donors (Lipinski definition) is 8. The van der Waals surface area contributed by atoms with E-state index in [1.165, 1.54) is 23.3 Å². The first-order valence-corrected chi connectivity index (χ1v) is 24.5. The average Bonchev–Trinajstić information content (AvgIpc) is 3.72. The van der Waals surface area contributed by atoms with Gasteiger partial charge in [0.15, 0.2) is 23.0 Å². The summed E-state index contributed by atoms with van der Waals surface area (Å²) in [6.07, 6.45) is 7.22. The predicted molar refractivity (Wildman–Crippen MR) is 258 cm³/mol. The smallest absolute Gasteiger partial charge is 0.200 e. The highest BCUT2D eigenvalue weighted by atomic mass is 16.5. The minimum absolute atomic E-state index is 0.0144. The van der Waals surface area contributed by atoms with Crippen molar-refractivity contribution in [3.8, 4) is 57.3 Å². The summed E-state index contributed by atoms with van der Waals surface area (Å²) in [5, 5.41) is 79.5. The second-order valence-electron chi connectivity index (χ2n) is 20.4. The molecule has 3 fully saturated rings. The number of phenolic OH excluding ortho intramolecular Hbond substituents is 6. The molecule has 358 valence electrons. The highest BCUT2D eigenvalue weighted by molar-refractivity contribution is 5.82. The third-order valence-electron chi connectivity index (χ3n) is 17.1. The van der Waals surface area contributed by atoms with Crippen molar-refractivity contribution < 1.29 is 50.0 Å². The number of nitrogens with two attached hydrogens (primary N) is 1. The minimum atomic E-state index is -1.10. The molecule has 0 amide bonds. The molecule has 6 aliphatic carbocycles. The van der Waals surface area contributed by atoms with E-state index in [4.69, 9.17) is 20.2 Å². The van der Waals surface area contributed by atoms with E-state index in [0.717, 1.165) is 53.6 Å². The maximum Gasteiger partial charge on any atom is 0.200 e. The molecule has 9 N–H and O–H groups in total. The van der Waals surface area contributed by atoms with Crippen molar-refractivity contribution in [3.63, 3.8) is 0 Å². The topological polar surface area (TPSA) is 217 Å². The highest BCUT2D eigenvalue weighted by Crippen LogP contribution is 2.71. The summed E-state index contributed by atoms with van der Waals surface area (Å²) in [6, 6.07) is 28.9. The molecule has 12 rings (SSSR count). The highest BCUT2D eigenvalue weighted by Gasteiger charge is 2.63. The van der Waals surface area contributed by atoms with Crippen molar-refractivity contribution >= 4 is 5.78 Å². The van der Waals surface area contributed by atoms with Crippen molar-refractivity contribution in [2.45, 2.75) is 100 Å². The van der Waals surface area contributed by atoms with E-state index in [2.05, 4.69) is 30.3 Å². The van der Waals surface area contributed by atoms with Gasteiger partial charge < -0.3 is 50.2 Å². The number of benzene rings is 5. The van der Waals surface area contributed by atoms with Crippen LogP contribution in [-0.4, -0.2) is 54.4 Å². The van der Waals surface area contributed by atoms with Gasteiger partial charge in [-0.1, -0.05) is 73.0 Å². The van der Waals surface area contributed by atoms with E-state index in [-0.39, 0.29) is 101 Å². The zero-order chi connectivity index (χ0) is 47.7. The molecule has 12 nitrogen and oxygen atoms in total. The Morgan fingerprint density at radius 3 is 2.45 bits per heavy atom. The Bertz CT molecular complexity index is 2930. The molecule has 2 bridgehead atoms. The summed E-state index contributed by atoms with van der Waals surface area (Å²) >= 11 is 0. The van der Waals surface area contributed by atoms with Crippen LogP contribution in [0, 0.1) is 29.6 Å². The van der Waals surface area contributed by atoms with Crippen LogP contribution in [0.2, 0.25) is 0 Å². The van der Waals surface area contributed by atoms with Gasteiger partial charge >= 0.3 is 0 Å². The number of aromatic hydroxyl groups is 6. The number of nitrogens with zero attached hydrogens (tertiary/aromatic N) is 1. The number of phenols is 6. The van der Waals surface area contributed by atoms with E-state index in [0.29, 0.717) is 43.2 Å². The number of carbonyl (C=O) groups is 1. The number of fused-ring (bicyclic) bond motifs is 8. The van der Waals surface area contributed by atoms with Gasteiger partial charge in [0, 0.05) is 29.4 Å². The van der Waals surface area contributed by atoms with Crippen molar-refractivity contribution in [3.05, 3.63) is 142 Å². The standard InChI is InChI=1S/C57H59N2O10/c58-29-69-49-21-30(12-16-46(49)63)11-15-45(62)40-23-33(22-32-13-14-36(61)26-47(32)64)39-24-34-25-44(57-18-4-3-10-43(57)38-17-19-59-53(38)37-8-1-2-9-42(37)57)51(52(39)54(40)66)41-27-48(65)55(67)56(50(34)41)68-28-31-6-5-7-35(60)20-31/h1-2,5-9,12-14,16-17,19-21,26-27,33-34,39-40,43-44,51-52,54,60-61,63-67H,3-4,10-11,15,18,22-25,28-29,58H2/q-1. The number of aliphatic hydroxyl groups is 1. The lowest BCUT2D eigenvalue weighted by atomic mass is 9.45. The second kappa shape index (κ2) is 17.7. The molecule has 6 aromatic rings. The van der Waals surface area contributed by atoms with Crippen LogP contribution in [0.3, 0.4) is 0 Å². The number of carbonyl (C=O) groups excluding carboxylic acids is 1. The van der Waals surface area contributed by atoms with Crippen LogP contribution in [0.4, 0.5) is 0 Å². The Labute approximate surface area is 401 Å². The summed E-state index contributed by atoms with van der Waals surface area (Å²) < 4.78 is 12.0. The summed E-state index contributed by atoms with van der Waals surface area (Å²) in [7, 11) is 0. The fourth-order valence-corrected chi connectivity index (χ4v) is 14.4. The van der Waals surface area contributed by atoms with Gasteiger partial charge in [-0.15, -0.1) is 5.69 Å². The number of aryl methyl sites for hydroxylation is 1. The zero-order valence-electron chi connectivity index (χ0n) is 38.4. The molecule has 5 aromatic carbocycles. The third kappa shape index (κ3) is 7.54. The van der Waals surface area contributed by atoms with Crippen LogP contribution in [-0.2, 0) is 29.7 Å². The van der Waals surface area contributed by atoms with E-state index in [1.54, 1.807) is 48.5 Å². The number of rotatable bonds is 12. The first kappa shape index (κ1) is 44.9. The number of ether oxygens (including phenoxy) is 2. The molecule has 69 heavy (non-hydrogen) atoms. The predicted octanol–water partition coefficient (Wildman–Crippen LogP) is 9.29. The lowest BCUT2D eigenvalue weighted by Crippen LogP contribution is -2.54. The number of aliphatic hydroxyl groups excluding tert-OH is 1. The normalized spacial score (nSPS) is 27.5. The first-order valence-electron chi connectivity index (χ1n) is 24.5. The van der Waals surface area contributed by atoms with Crippen LogP contribution >= 0.6 is 0 Å². The molecular formula is C57H59N2O10-. The maximum atomic E-state index is 15.0. The van der Waals surface area contributed by atoms with Gasteiger partial charge in [-0.3, -0.25) is 10.5 Å². The molecule has 1 aromatic heterocycles. The largest absolute Gasteiger partial charge is 0.663 e.